The summed E-state index contributed by atoms with van der Waals surface area (Å²) in [6, 6.07) is 10.7. The van der Waals surface area contributed by atoms with E-state index in [9.17, 15) is 32.8 Å². The van der Waals surface area contributed by atoms with Crippen LogP contribution in [0.4, 0.5) is 8.78 Å². The van der Waals surface area contributed by atoms with Crippen LogP contribution in [0.5, 0.6) is 0 Å². The fraction of sp³-hybridized carbons (Fsp3) is 0.457. The van der Waals surface area contributed by atoms with Crippen LogP contribution in [0.2, 0.25) is 0 Å². The molecule has 18 heteroatoms. The number of nitrogens with one attached hydrogen (secondary N) is 4. The van der Waals surface area contributed by atoms with E-state index in [1.54, 1.807) is 0 Å². The number of benzene rings is 2. The molecule has 8 N–H and O–H groups in total. The van der Waals surface area contributed by atoms with Crippen LogP contribution in [0.25, 0.3) is 10.9 Å². The zero-order valence-corrected chi connectivity index (χ0v) is 29.8. The summed E-state index contributed by atoms with van der Waals surface area (Å²) in [6.07, 6.45) is -1.34. The fourth-order valence-electron chi connectivity index (χ4n) is 7.24. The van der Waals surface area contributed by atoms with Crippen molar-refractivity contribution in [2.45, 2.75) is 80.8 Å². The highest BCUT2D eigenvalue weighted by Gasteiger charge is 2.48. The maximum absolute atomic E-state index is 14.3. The minimum atomic E-state index is -4.00. The average Bonchev–Trinajstić information content (AvgIpc) is 3.55. The van der Waals surface area contributed by atoms with Crippen LogP contribution in [0.3, 0.4) is 0 Å². The maximum Gasteiger partial charge on any atom is 0.389 e. The van der Waals surface area contributed by atoms with Crippen molar-refractivity contribution in [3.63, 3.8) is 0 Å². The number of carbonyl (C=O) groups excluding carboxylic acids is 5. The molecule has 6 rings (SSSR count). The first-order valence-corrected chi connectivity index (χ1v) is 18.5. The Morgan fingerprint density at radius 3 is 2.51 bits per heavy atom. The molecule has 2 aliphatic heterocycles. The summed E-state index contributed by atoms with van der Waals surface area (Å²) >= 11 is 0. The van der Waals surface area contributed by atoms with Gasteiger partial charge in [0.05, 0.1) is 11.1 Å². The van der Waals surface area contributed by atoms with Crippen LogP contribution in [-0.2, 0) is 35.3 Å². The predicted molar refractivity (Wildman–Crippen MR) is 188 cm³/mol. The lowest BCUT2D eigenvalue weighted by Gasteiger charge is -2.38. The summed E-state index contributed by atoms with van der Waals surface area (Å²) in [5.41, 5.74) is 5.41. The topological polar surface area (TPSA) is 219 Å². The SMILES string of the molecule is CN1CC[C@H]2CC[C@@H](C(=O)N[C@@H](CCC(N)=O)C(=O)NC3(c4ccccc4)CC3)N2C(=O)[C@@H](NC(=O)c2cc3cc(C(F)(F)OP(O)O)ccc3[nH]2)C1. The number of nitrogens with zero attached hydrogens (tertiary/aromatic N) is 2. The first kappa shape index (κ1) is 38.2. The molecule has 1 saturated carbocycles. The highest BCUT2D eigenvalue weighted by Crippen LogP contribution is 2.45. The number of aromatic nitrogens is 1. The third kappa shape index (κ3) is 8.65. The molecule has 0 spiro atoms. The third-order valence-corrected chi connectivity index (χ3v) is 10.5. The molecular weight excluding hydrogens is 715 g/mol. The van der Waals surface area contributed by atoms with E-state index in [4.69, 9.17) is 15.5 Å². The van der Waals surface area contributed by atoms with Crippen molar-refractivity contribution in [2.75, 3.05) is 20.1 Å². The van der Waals surface area contributed by atoms with E-state index < -0.39 is 73.5 Å². The second kappa shape index (κ2) is 15.4. The Morgan fingerprint density at radius 1 is 1.09 bits per heavy atom. The number of fused-ring (bicyclic) bond motifs is 2. The van der Waals surface area contributed by atoms with E-state index in [1.807, 2.05) is 42.3 Å². The smallest absolute Gasteiger partial charge is 0.370 e. The van der Waals surface area contributed by atoms with Crippen LogP contribution in [0, 0.1) is 0 Å². The maximum atomic E-state index is 14.3. The Kier molecular flexibility index (Phi) is 11.1. The largest absolute Gasteiger partial charge is 0.389 e. The molecule has 3 aliphatic rings. The Labute approximate surface area is 304 Å². The van der Waals surface area contributed by atoms with Crippen molar-refractivity contribution >= 4 is 49.0 Å². The molecule has 0 bridgehead atoms. The fourth-order valence-corrected chi connectivity index (χ4v) is 7.55. The zero-order chi connectivity index (χ0) is 38.1. The van der Waals surface area contributed by atoms with Crippen molar-refractivity contribution in [1.29, 1.82) is 0 Å². The van der Waals surface area contributed by atoms with Crippen molar-refractivity contribution in [1.82, 2.24) is 30.7 Å². The molecule has 3 heterocycles. The van der Waals surface area contributed by atoms with Gasteiger partial charge < -0.3 is 46.3 Å². The molecule has 4 atom stereocenters. The predicted octanol–water partition coefficient (Wildman–Crippen LogP) is 1.79. The first-order valence-electron chi connectivity index (χ1n) is 17.3. The Balaban J connectivity index is 1.17. The van der Waals surface area contributed by atoms with Gasteiger partial charge in [0.1, 0.15) is 23.8 Å². The molecule has 3 fully saturated rings. The molecule has 5 amide bonds. The van der Waals surface area contributed by atoms with Gasteiger partial charge in [-0.3, -0.25) is 24.0 Å². The average molecular weight is 758 g/mol. The van der Waals surface area contributed by atoms with Gasteiger partial charge >= 0.3 is 14.7 Å². The number of nitrogens with two attached hydrogens (primary N) is 1. The van der Waals surface area contributed by atoms with E-state index in [1.165, 1.54) is 17.0 Å². The molecule has 3 aromatic rings. The standard InChI is InChI=1S/C35H42F2N7O8P/c1-43-16-13-23-8-11-28(32(48)40-25(10-12-29(38)45)31(47)42-34(14-15-34)21-5-3-2-4-6-21)44(23)33(49)27(19-43)41-30(46)26-18-20-17-22(7-9-24(20)39-26)35(36,37)52-53(50)51/h2-7,9,17-18,23,25,27-28,39,50-51H,8,10-16,19H2,1H3,(H2,38,45)(H,40,48)(H,41,46)(H,42,47)/t23-,25+,27+,28+/m1/s1. The van der Waals surface area contributed by atoms with Gasteiger partial charge in [-0.25, -0.2) is 4.52 Å². The zero-order valence-electron chi connectivity index (χ0n) is 28.9. The molecule has 1 aliphatic carbocycles. The summed E-state index contributed by atoms with van der Waals surface area (Å²) in [6.45, 7) is 0.683. The normalized spacial score (nSPS) is 22.1. The van der Waals surface area contributed by atoms with Crippen molar-refractivity contribution in [2.24, 2.45) is 5.73 Å². The molecule has 2 aromatic carbocycles. The van der Waals surface area contributed by atoms with Crippen molar-refractivity contribution < 1.29 is 47.1 Å². The minimum absolute atomic E-state index is 0.0232. The number of amides is 5. The van der Waals surface area contributed by atoms with Gasteiger partial charge in [-0.15, -0.1) is 0 Å². The lowest BCUT2D eigenvalue weighted by atomic mass is 10.0. The first-order chi connectivity index (χ1) is 25.2. The number of rotatable bonds is 13. The minimum Gasteiger partial charge on any atom is -0.370 e. The second-order valence-corrected chi connectivity index (χ2v) is 14.6. The van der Waals surface area contributed by atoms with Gasteiger partial charge in [-0.1, -0.05) is 30.3 Å². The Bertz CT molecular complexity index is 1870. The summed E-state index contributed by atoms with van der Waals surface area (Å²) in [7, 11) is -1.53. The number of alkyl halides is 2. The third-order valence-electron chi connectivity index (χ3n) is 10.2. The molecule has 0 radical (unpaired) electrons. The number of primary amides is 1. The highest BCUT2D eigenvalue weighted by atomic mass is 31.2. The van der Waals surface area contributed by atoms with Gasteiger partial charge in [0, 0.05) is 29.9 Å². The number of H-pyrrole nitrogens is 1. The van der Waals surface area contributed by atoms with Crippen LogP contribution >= 0.6 is 8.60 Å². The highest BCUT2D eigenvalue weighted by molar-refractivity contribution is 7.39. The van der Waals surface area contributed by atoms with E-state index in [2.05, 4.69) is 25.5 Å². The number of halogens is 2. The Hall–Kier alpha value is -4.54. The van der Waals surface area contributed by atoms with Crippen LogP contribution < -0.4 is 21.7 Å². The van der Waals surface area contributed by atoms with Gasteiger partial charge in [-0.05, 0) is 81.9 Å². The van der Waals surface area contributed by atoms with E-state index >= 15 is 0 Å². The molecule has 0 unspecified atom stereocenters. The quantitative estimate of drug-likeness (QED) is 0.126. The number of likely N-dealkylation sites (N-methyl/N-ethyl adjacent to an activating group) is 1. The van der Waals surface area contributed by atoms with Crippen LogP contribution in [0.15, 0.2) is 54.6 Å². The van der Waals surface area contributed by atoms with Crippen LogP contribution in [0.1, 0.15) is 66.6 Å². The van der Waals surface area contributed by atoms with Crippen molar-refractivity contribution in [3.05, 3.63) is 71.4 Å². The number of hydrogen-bond acceptors (Lipinski definition) is 9. The second-order valence-electron chi connectivity index (χ2n) is 13.9. The van der Waals surface area contributed by atoms with Gasteiger partial charge in [0.2, 0.25) is 23.6 Å². The van der Waals surface area contributed by atoms with Crippen LogP contribution in [-0.4, -0.2) is 98.4 Å². The lowest BCUT2D eigenvalue weighted by molar-refractivity contribution is -0.189. The van der Waals surface area contributed by atoms with Gasteiger partial charge in [0.25, 0.3) is 5.91 Å². The van der Waals surface area contributed by atoms with E-state index in [0.29, 0.717) is 44.2 Å². The molecular formula is C35H42F2N7O8P. The van der Waals surface area contributed by atoms with E-state index in [-0.39, 0.29) is 36.5 Å². The molecule has 1 aromatic heterocycles. The summed E-state index contributed by atoms with van der Waals surface area (Å²) in [5, 5.41) is 8.80. The number of aromatic amines is 1. The monoisotopic (exact) mass is 757 g/mol. The molecule has 53 heavy (non-hydrogen) atoms. The summed E-state index contributed by atoms with van der Waals surface area (Å²) in [4.78, 5) is 91.1. The number of hydrogen-bond donors (Lipinski definition) is 7. The summed E-state index contributed by atoms with van der Waals surface area (Å²) < 4.78 is 32.6. The Morgan fingerprint density at radius 2 is 1.83 bits per heavy atom. The number of carbonyl (C=O) groups is 5. The van der Waals surface area contributed by atoms with Crippen molar-refractivity contribution in [3.8, 4) is 0 Å². The molecule has 2 saturated heterocycles. The molecule has 284 valence electrons. The summed E-state index contributed by atoms with van der Waals surface area (Å²) in [5.74, 6) is -2.84. The molecule has 15 nitrogen and oxygen atoms in total. The lowest BCUT2D eigenvalue weighted by Crippen LogP contribution is -2.61. The van der Waals surface area contributed by atoms with Gasteiger partial charge in [-0.2, -0.15) is 8.78 Å². The van der Waals surface area contributed by atoms with E-state index in [0.717, 1.165) is 17.7 Å². The van der Waals surface area contributed by atoms with Gasteiger partial charge in [0.15, 0.2) is 0 Å².